The Morgan fingerprint density at radius 3 is 3.00 bits per heavy atom. The van der Waals surface area contributed by atoms with E-state index in [4.69, 9.17) is 0 Å². The molecule has 1 amide bonds. The summed E-state index contributed by atoms with van der Waals surface area (Å²) in [5.41, 5.74) is 2.40. The summed E-state index contributed by atoms with van der Waals surface area (Å²) in [5, 5.41) is 3.40. The fourth-order valence-electron chi connectivity index (χ4n) is 3.34. The van der Waals surface area contributed by atoms with E-state index >= 15 is 0 Å². The summed E-state index contributed by atoms with van der Waals surface area (Å²) >= 11 is 1.71. The van der Waals surface area contributed by atoms with E-state index in [1.54, 1.807) is 18.0 Å². The Bertz CT molecular complexity index is 681. The van der Waals surface area contributed by atoms with Crippen LogP contribution in [0.15, 0.2) is 53.7 Å². The zero-order chi connectivity index (χ0) is 15.6. The molecule has 1 aromatic heterocycles. The van der Waals surface area contributed by atoms with Gasteiger partial charge < -0.3 is 10.2 Å². The normalized spacial score (nSPS) is 23.6. The number of nitrogens with zero attached hydrogens (tertiary/aromatic N) is 2. The monoisotopic (exact) mass is 325 g/mol. The molecule has 0 radical (unpaired) electrons. The quantitative estimate of drug-likeness (QED) is 0.920. The van der Waals surface area contributed by atoms with Crippen molar-refractivity contribution in [1.29, 1.82) is 0 Å². The summed E-state index contributed by atoms with van der Waals surface area (Å²) in [7, 11) is 0. The van der Waals surface area contributed by atoms with Gasteiger partial charge in [-0.1, -0.05) is 24.3 Å². The topological polar surface area (TPSA) is 45.2 Å². The summed E-state index contributed by atoms with van der Waals surface area (Å²) in [4.78, 5) is 20.6. The molecule has 2 unspecified atom stereocenters. The first-order chi connectivity index (χ1) is 11.3. The first kappa shape index (κ1) is 14.7. The number of hydrogen-bond acceptors (Lipinski definition) is 4. The minimum atomic E-state index is 0.00433. The molecule has 2 atom stereocenters. The van der Waals surface area contributed by atoms with Crippen molar-refractivity contribution < 1.29 is 4.79 Å². The molecule has 3 heterocycles. The van der Waals surface area contributed by atoms with Gasteiger partial charge in [-0.15, -0.1) is 11.8 Å². The minimum Gasteiger partial charge on any atom is -0.332 e. The largest absolute Gasteiger partial charge is 0.332 e. The van der Waals surface area contributed by atoms with E-state index in [1.807, 2.05) is 23.2 Å². The van der Waals surface area contributed by atoms with Gasteiger partial charge in [0, 0.05) is 36.9 Å². The van der Waals surface area contributed by atoms with E-state index in [-0.39, 0.29) is 17.2 Å². The highest BCUT2D eigenvalue weighted by Gasteiger charge is 2.35. The zero-order valence-electron chi connectivity index (χ0n) is 12.8. The Hall–Kier alpha value is -1.85. The number of nitrogens with one attached hydrogen (secondary N) is 1. The number of rotatable bonds is 2. The lowest BCUT2D eigenvalue weighted by Gasteiger charge is -2.37. The highest BCUT2D eigenvalue weighted by molar-refractivity contribution is 8.01. The SMILES string of the molecule is O=C(C1Cc2ccccc2S1)N1CCNCC1c1cccnc1. The van der Waals surface area contributed by atoms with Gasteiger partial charge in [-0.2, -0.15) is 0 Å². The molecule has 0 aliphatic carbocycles. The number of fused-ring (bicyclic) bond motifs is 1. The number of aromatic nitrogens is 1. The number of piperazine rings is 1. The Balaban J connectivity index is 1.55. The van der Waals surface area contributed by atoms with Crippen molar-refractivity contribution in [1.82, 2.24) is 15.2 Å². The standard InChI is InChI=1S/C18H19N3OS/c22-18(17-10-13-4-1-2-6-16(13)23-17)21-9-8-20-12-15(21)14-5-3-7-19-11-14/h1-7,11,15,17,20H,8-10,12H2. The molecular formula is C18H19N3OS. The molecule has 4 rings (SSSR count). The average molecular weight is 325 g/mol. The number of hydrogen-bond donors (Lipinski definition) is 1. The van der Waals surface area contributed by atoms with Gasteiger partial charge in [-0.25, -0.2) is 0 Å². The maximum absolute atomic E-state index is 13.1. The van der Waals surface area contributed by atoms with Crippen LogP contribution in [-0.2, 0) is 11.2 Å². The maximum Gasteiger partial charge on any atom is 0.237 e. The molecule has 1 saturated heterocycles. The van der Waals surface area contributed by atoms with Crippen molar-refractivity contribution in [2.45, 2.75) is 22.6 Å². The number of amides is 1. The molecule has 2 aromatic rings. The van der Waals surface area contributed by atoms with Gasteiger partial charge in [-0.05, 0) is 29.7 Å². The fraction of sp³-hybridized carbons (Fsp3) is 0.333. The Kier molecular flexibility index (Phi) is 4.06. The molecule has 0 bridgehead atoms. The fourth-order valence-corrected chi connectivity index (χ4v) is 4.61. The lowest BCUT2D eigenvalue weighted by Crippen LogP contribution is -2.51. The van der Waals surface area contributed by atoms with Gasteiger partial charge in [0.1, 0.15) is 0 Å². The number of benzene rings is 1. The molecule has 4 nitrogen and oxygen atoms in total. The molecule has 0 saturated carbocycles. The second-order valence-electron chi connectivity index (χ2n) is 5.96. The van der Waals surface area contributed by atoms with E-state index in [0.29, 0.717) is 0 Å². The van der Waals surface area contributed by atoms with Crippen molar-refractivity contribution in [2.75, 3.05) is 19.6 Å². The lowest BCUT2D eigenvalue weighted by atomic mass is 10.0. The Labute approximate surface area is 140 Å². The molecule has 2 aliphatic heterocycles. The van der Waals surface area contributed by atoms with Gasteiger partial charge in [-0.3, -0.25) is 9.78 Å². The number of carbonyl (C=O) groups excluding carboxylic acids is 1. The summed E-state index contributed by atoms with van der Waals surface area (Å²) in [6.45, 7) is 2.40. The Morgan fingerprint density at radius 2 is 2.17 bits per heavy atom. The Morgan fingerprint density at radius 1 is 1.26 bits per heavy atom. The summed E-state index contributed by atoms with van der Waals surface area (Å²) in [6, 6.07) is 12.4. The summed E-state index contributed by atoms with van der Waals surface area (Å²) in [6.07, 6.45) is 4.48. The first-order valence-corrected chi connectivity index (χ1v) is 8.86. The molecule has 1 N–H and O–H groups in total. The third-order valence-electron chi connectivity index (χ3n) is 4.52. The summed E-state index contributed by atoms with van der Waals surface area (Å²) < 4.78 is 0. The number of thioether (sulfide) groups is 1. The molecule has 5 heteroatoms. The van der Waals surface area contributed by atoms with Crippen LogP contribution in [0.4, 0.5) is 0 Å². The first-order valence-electron chi connectivity index (χ1n) is 7.98. The van der Waals surface area contributed by atoms with Crippen molar-refractivity contribution in [3.05, 3.63) is 59.9 Å². The van der Waals surface area contributed by atoms with Crippen molar-refractivity contribution in [3.63, 3.8) is 0 Å². The van der Waals surface area contributed by atoms with Gasteiger partial charge in [0.15, 0.2) is 0 Å². The third kappa shape index (κ3) is 2.86. The molecule has 0 spiro atoms. The average Bonchev–Trinajstić information content (AvgIpc) is 3.06. The molecule has 1 aromatic carbocycles. The third-order valence-corrected chi connectivity index (χ3v) is 5.82. The number of pyridine rings is 1. The molecular weight excluding hydrogens is 306 g/mol. The highest BCUT2D eigenvalue weighted by atomic mass is 32.2. The van der Waals surface area contributed by atoms with E-state index in [2.05, 4.69) is 34.6 Å². The van der Waals surface area contributed by atoms with E-state index in [1.165, 1.54) is 10.5 Å². The smallest absolute Gasteiger partial charge is 0.237 e. The van der Waals surface area contributed by atoms with Gasteiger partial charge in [0.25, 0.3) is 0 Å². The highest BCUT2D eigenvalue weighted by Crippen LogP contribution is 2.38. The van der Waals surface area contributed by atoms with Gasteiger partial charge >= 0.3 is 0 Å². The van der Waals surface area contributed by atoms with Crippen LogP contribution in [0.3, 0.4) is 0 Å². The van der Waals surface area contributed by atoms with Crippen LogP contribution in [0.1, 0.15) is 17.2 Å². The van der Waals surface area contributed by atoms with Crippen LogP contribution in [0.5, 0.6) is 0 Å². The predicted molar refractivity (Wildman–Crippen MR) is 91.4 cm³/mol. The van der Waals surface area contributed by atoms with Crippen LogP contribution < -0.4 is 5.32 Å². The molecule has 118 valence electrons. The number of carbonyl (C=O) groups is 1. The van der Waals surface area contributed by atoms with E-state index < -0.39 is 0 Å². The minimum absolute atomic E-state index is 0.00433. The maximum atomic E-state index is 13.1. The predicted octanol–water partition coefficient (Wildman–Crippen LogP) is 2.27. The van der Waals surface area contributed by atoms with Crippen molar-refractivity contribution >= 4 is 17.7 Å². The van der Waals surface area contributed by atoms with Crippen LogP contribution >= 0.6 is 11.8 Å². The van der Waals surface area contributed by atoms with Crippen LogP contribution in [0.25, 0.3) is 0 Å². The molecule has 1 fully saturated rings. The molecule has 2 aliphatic rings. The second kappa shape index (κ2) is 6.34. The van der Waals surface area contributed by atoms with Crippen molar-refractivity contribution in [2.24, 2.45) is 0 Å². The van der Waals surface area contributed by atoms with Gasteiger partial charge in [0.2, 0.25) is 5.91 Å². The van der Waals surface area contributed by atoms with Crippen LogP contribution in [-0.4, -0.2) is 40.7 Å². The van der Waals surface area contributed by atoms with Crippen LogP contribution in [0, 0.1) is 0 Å². The lowest BCUT2D eigenvalue weighted by molar-refractivity contribution is -0.133. The van der Waals surface area contributed by atoms with E-state index in [9.17, 15) is 4.79 Å². The second-order valence-corrected chi connectivity index (χ2v) is 7.20. The van der Waals surface area contributed by atoms with E-state index in [0.717, 1.165) is 31.6 Å². The van der Waals surface area contributed by atoms with Crippen LogP contribution in [0.2, 0.25) is 0 Å². The zero-order valence-corrected chi connectivity index (χ0v) is 13.6. The van der Waals surface area contributed by atoms with Gasteiger partial charge in [0.05, 0.1) is 11.3 Å². The summed E-state index contributed by atoms with van der Waals surface area (Å²) in [5.74, 6) is 0.251. The van der Waals surface area contributed by atoms with Crippen molar-refractivity contribution in [3.8, 4) is 0 Å². The molecule has 23 heavy (non-hydrogen) atoms.